The lowest BCUT2D eigenvalue weighted by atomic mass is 10.0. The third kappa shape index (κ3) is 1.54. The summed E-state index contributed by atoms with van der Waals surface area (Å²) in [7, 11) is 0. The van der Waals surface area contributed by atoms with Gasteiger partial charge in [0.1, 0.15) is 0 Å². The van der Waals surface area contributed by atoms with Crippen LogP contribution in [-0.4, -0.2) is 0 Å². The maximum atomic E-state index is 5.81. The summed E-state index contributed by atoms with van der Waals surface area (Å²) in [5.41, 5.74) is 21.4. The van der Waals surface area contributed by atoms with Crippen molar-refractivity contribution in [3.8, 4) is 0 Å². The Labute approximate surface area is 78.9 Å². The summed E-state index contributed by atoms with van der Waals surface area (Å²) < 4.78 is 0. The van der Waals surface area contributed by atoms with Crippen LogP contribution in [0, 0.1) is 0 Å². The Morgan fingerprint density at radius 2 is 1.23 bits per heavy atom. The lowest BCUT2D eigenvalue weighted by Gasteiger charge is -2.13. The van der Waals surface area contributed by atoms with E-state index in [-0.39, 0.29) is 0 Å². The van der Waals surface area contributed by atoms with E-state index < -0.39 is 0 Å². The summed E-state index contributed by atoms with van der Waals surface area (Å²) in [4.78, 5) is 0. The van der Waals surface area contributed by atoms with Crippen molar-refractivity contribution in [3.05, 3.63) is 17.2 Å². The average Bonchev–Trinajstić information content (AvgIpc) is 2.15. The zero-order valence-electron chi connectivity index (χ0n) is 8.22. The van der Waals surface area contributed by atoms with Crippen LogP contribution in [0.15, 0.2) is 6.07 Å². The smallest absolute Gasteiger partial charge is 0.0787 e. The fourth-order valence-electron chi connectivity index (χ4n) is 1.44. The van der Waals surface area contributed by atoms with E-state index in [0.29, 0.717) is 17.1 Å². The largest absolute Gasteiger partial charge is 0.397 e. The van der Waals surface area contributed by atoms with Crippen molar-refractivity contribution in [1.82, 2.24) is 0 Å². The molecule has 0 saturated heterocycles. The molecule has 13 heavy (non-hydrogen) atoms. The molecule has 3 nitrogen and oxygen atoms in total. The van der Waals surface area contributed by atoms with Crippen LogP contribution in [0.1, 0.15) is 25.0 Å². The molecule has 0 aliphatic carbocycles. The SMILES string of the molecule is CCc1cc(CC)c(N)c(N)c1N. The van der Waals surface area contributed by atoms with Gasteiger partial charge in [-0.15, -0.1) is 0 Å². The van der Waals surface area contributed by atoms with Crippen LogP contribution in [0.25, 0.3) is 0 Å². The first-order valence-electron chi connectivity index (χ1n) is 4.56. The van der Waals surface area contributed by atoms with Crippen molar-refractivity contribution in [2.75, 3.05) is 17.2 Å². The molecule has 0 aliphatic rings. The highest BCUT2D eigenvalue weighted by Crippen LogP contribution is 2.30. The molecule has 0 spiro atoms. The third-order valence-corrected chi connectivity index (χ3v) is 2.38. The molecule has 0 heterocycles. The van der Waals surface area contributed by atoms with E-state index in [9.17, 15) is 0 Å². The Kier molecular flexibility index (Phi) is 2.66. The van der Waals surface area contributed by atoms with E-state index in [0.717, 1.165) is 24.0 Å². The molecule has 1 rings (SSSR count). The highest BCUT2D eigenvalue weighted by Gasteiger charge is 2.08. The molecule has 0 unspecified atom stereocenters. The summed E-state index contributed by atoms with van der Waals surface area (Å²) in [5.74, 6) is 0. The highest BCUT2D eigenvalue weighted by molar-refractivity contribution is 5.82. The molecular weight excluding hydrogens is 162 g/mol. The maximum Gasteiger partial charge on any atom is 0.0787 e. The van der Waals surface area contributed by atoms with E-state index in [2.05, 4.69) is 13.8 Å². The van der Waals surface area contributed by atoms with Crippen LogP contribution in [0.5, 0.6) is 0 Å². The maximum absolute atomic E-state index is 5.81. The van der Waals surface area contributed by atoms with E-state index in [1.54, 1.807) is 0 Å². The Bertz CT molecular complexity index is 290. The second-order valence-corrected chi connectivity index (χ2v) is 3.14. The van der Waals surface area contributed by atoms with Crippen molar-refractivity contribution < 1.29 is 0 Å². The fraction of sp³-hybridized carbons (Fsp3) is 0.400. The number of rotatable bonds is 2. The molecule has 6 N–H and O–H groups in total. The summed E-state index contributed by atoms with van der Waals surface area (Å²) in [6.45, 7) is 4.11. The van der Waals surface area contributed by atoms with Gasteiger partial charge in [0.05, 0.1) is 17.1 Å². The van der Waals surface area contributed by atoms with E-state index in [1.165, 1.54) is 0 Å². The van der Waals surface area contributed by atoms with Gasteiger partial charge in [0.2, 0.25) is 0 Å². The van der Waals surface area contributed by atoms with E-state index in [4.69, 9.17) is 17.2 Å². The summed E-state index contributed by atoms with van der Waals surface area (Å²) >= 11 is 0. The average molecular weight is 179 g/mol. The van der Waals surface area contributed by atoms with Crippen LogP contribution in [0.2, 0.25) is 0 Å². The van der Waals surface area contributed by atoms with Gasteiger partial charge in [-0.2, -0.15) is 0 Å². The molecule has 1 aromatic carbocycles. The normalized spacial score (nSPS) is 10.3. The quantitative estimate of drug-likeness (QED) is 0.603. The van der Waals surface area contributed by atoms with E-state index >= 15 is 0 Å². The highest BCUT2D eigenvalue weighted by atomic mass is 14.7. The second kappa shape index (κ2) is 3.56. The first kappa shape index (κ1) is 9.71. The Morgan fingerprint density at radius 3 is 1.54 bits per heavy atom. The molecule has 0 fully saturated rings. The molecular formula is C10H17N3. The lowest BCUT2D eigenvalue weighted by Crippen LogP contribution is -2.06. The zero-order valence-corrected chi connectivity index (χ0v) is 8.22. The van der Waals surface area contributed by atoms with Gasteiger partial charge in [-0.05, 0) is 24.0 Å². The first-order chi connectivity index (χ1) is 6.11. The Morgan fingerprint density at radius 1 is 0.846 bits per heavy atom. The van der Waals surface area contributed by atoms with Crippen LogP contribution in [0.3, 0.4) is 0 Å². The number of nitrogens with two attached hydrogens (primary N) is 3. The molecule has 1 aromatic rings. The molecule has 72 valence electrons. The summed E-state index contributed by atoms with van der Waals surface area (Å²) in [5, 5.41) is 0. The second-order valence-electron chi connectivity index (χ2n) is 3.14. The van der Waals surface area contributed by atoms with Gasteiger partial charge in [0.15, 0.2) is 0 Å². The summed E-state index contributed by atoms with van der Waals surface area (Å²) in [6.07, 6.45) is 1.78. The van der Waals surface area contributed by atoms with Gasteiger partial charge in [0, 0.05) is 0 Å². The Hall–Kier alpha value is -1.38. The van der Waals surface area contributed by atoms with Crippen molar-refractivity contribution >= 4 is 17.1 Å². The molecule has 0 aliphatic heterocycles. The zero-order chi connectivity index (χ0) is 10.0. The Balaban J connectivity index is 3.36. The minimum atomic E-state index is 0.538. The topological polar surface area (TPSA) is 78.1 Å². The standard InChI is InChI=1S/C10H17N3/c1-3-6-5-7(4-2)9(12)10(13)8(6)11/h5H,3-4,11-13H2,1-2H3. The molecule has 0 atom stereocenters. The number of benzene rings is 1. The van der Waals surface area contributed by atoms with Crippen molar-refractivity contribution in [1.29, 1.82) is 0 Å². The van der Waals surface area contributed by atoms with Crippen molar-refractivity contribution in [3.63, 3.8) is 0 Å². The number of anilines is 3. The number of nitrogen functional groups attached to an aromatic ring is 3. The fourth-order valence-corrected chi connectivity index (χ4v) is 1.44. The lowest BCUT2D eigenvalue weighted by molar-refractivity contribution is 1.09. The monoisotopic (exact) mass is 179 g/mol. The van der Waals surface area contributed by atoms with Crippen molar-refractivity contribution in [2.24, 2.45) is 0 Å². The van der Waals surface area contributed by atoms with E-state index in [1.807, 2.05) is 6.07 Å². The van der Waals surface area contributed by atoms with Gasteiger partial charge in [-0.1, -0.05) is 19.9 Å². The predicted octanol–water partition coefficient (Wildman–Crippen LogP) is 1.56. The van der Waals surface area contributed by atoms with Crippen LogP contribution in [0.4, 0.5) is 17.1 Å². The number of hydrogen-bond donors (Lipinski definition) is 3. The molecule has 0 aromatic heterocycles. The third-order valence-electron chi connectivity index (χ3n) is 2.38. The van der Waals surface area contributed by atoms with Crippen LogP contribution < -0.4 is 17.2 Å². The van der Waals surface area contributed by atoms with Gasteiger partial charge in [-0.3, -0.25) is 0 Å². The van der Waals surface area contributed by atoms with Crippen LogP contribution in [-0.2, 0) is 12.8 Å². The number of hydrogen-bond acceptors (Lipinski definition) is 3. The first-order valence-corrected chi connectivity index (χ1v) is 4.56. The van der Waals surface area contributed by atoms with Crippen LogP contribution >= 0.6 is 0 Å². The van der Waals surface area contributed by atoms with Gasteiger partial charge >= 0.3 is 0 Å². The molecule has 0 bridgehead atoms. The van der Waals surface area contributed by atoms with Gasteiger partial charge < -0.3 is 17.2 Å². The van der Waals surface area contributed by atoms with Gasteiger partial charge in [-0.25, -0.2) is 0 Å². The van der Waals surface area contributed by atoms with Gasteiger partial charge in [0.25, 0.3) is 0 Å². The summed E-state index contributed by atoms with van der Waals surface area (Å²) in [6, 6.07) is 2.04. The van der Waals surface area contributed by atoms with Crippen molar-refractivity contribution in [2.45, 2.75) is 26.7 Å². The molecule has 3 heteroatoms. The molecule has 0 radical (unpaired) electrons. The minimum absolute atomic E-state index is 0.538. The molecule has 0 saturated carbocycles. The number of aryl methyl sites for hydroxylation is 2. The molecule has 0 amide bonds. The minimum Gasteiger partial charge on any atom is -0.397 e. The predicted molar refractivity (Wildman–Crippen MR) is 58.4 cm³/mol.